The molecule has 4 heteroatoms. The molecule has 0 amide bonds. The Hall–Kier alpha value is -1.68. The highest BCUT2D eigenvalue weighted by molar-refractivity contribution is 5.78. The zero-order valence-corrected chi connectivity index (χ0v) is 7.80. The summed E-state index contributed by atoms with van der Waals surface area (Å²) in [5, 5.41) is 8.77. The van der Waals surface area contributed by atoms with Crippen LogP contribution < -0.4 is 5.73 Å². The average Bonchev–Trinajstić information content (AvgIpc) is 2.26. The molecular weight excluding hydrogens is 178 g/mol. The minimum Gasteiger partial charge on any atom is -0.404 e. The van der Waals surface area contributed by atoms with Gasteiger partial charge in [-0.2, -0.15) is 0 Å². The molecule has 14 heavy (non-hydrogen) atoms. The summed E-state index contributed by atoms with van der Waals surface area (Å²) in [6.45, 7) is 0.403. The van der Waals surface area contributed by atoms with E-state index in [0.717, 1.165) is 5.69 Å². The van der Waals surface area contributed by atoms with Crippen molar-refractivity contribution in [1.82, 2.24) is 4.98 Å². The number of pyridine rings is 1. The predicted octanol–water partition coefficient (Wildman–Crippen LogP) is 0.487. The van der Waals surface area contributed by atoms with Crippen LogP contribution >= 0.6 is 0 Å². The Bertz CT molecular complexity index is 319. The number of nitrogens with two attached hydrogens (primary N) is 1. The Labute approximate surface area is 82.8 Å². The van der Waals surface area contributed by atoms with Crippen molar-refractivity contribution in [3.05, 3.63) is 41.9 Å². The number of aliphatic hydroxyl groups is 1. The molecule has 0 unspecified atom stereocenters. The van der Waals surface area contributed by atoms with Crippen molar-refractivity contribution < 1.29 is 5.11 Å². The molecule has 0 saturated heterocycles. The van der Waals surface area contributed by atoms with Gasteiger partial charge in [-0.05, 0) is 12.1 Å². The van der Waals surface area contributed by atoms with Gasteiger partial charge in [0.05, 0.1) is 18.8 Å². The van der Waals surface area contributed by atoms with Gasteiger partial charge < -0.3 is 10.8 Å². The normalized spacial score (nSPS) is 12.2. The van der Waals surface area contributed by atoms with Gasteiger partial charge in [0.15, 0.2) is 0 Å². The van der Waals surface area contributed by atoms with Gasteiger partial charge in [-0.1, -0.05) is 6.07 Å². The highest BCUT2D eigenvalue weighted by Gasteiger charge is 1.90. The van der Waals surface area contributed by atoms with Gasteiger partial charge in [0.2, 0.25) is 0 Å². The number of nitrogens with zero attached hydrogens (tertiary/aromatic N) is 2. The number of hydrogen-bond acceptors (Lipinski definition) is 4. The number of rotatable bonds is 4. The van der Waals surface area contributed by atoms with E-state index in [9.17, 15) is 0 Å². The molecule has 0 atom stereocenters. The molecule has 1 rings (SSSR count). The highest BCUT2D eigenvalue weighted by atomic mass is 16.3. The molecule has 0 saturated carbocycles. The lowest BCUT2D eigenvalue weighted by atomic mass is 10.3. The number of aliphatic hydroxyl groups excluding tert-OH is 1. The van der Waals surface area contributed by atoms with Crippen LogP contribution in [0.25, 0.3) is 0 Å². The summed E-state index contributed by atoms with van der Waals surface area (Å²) in [5.74, 6) is 0. The molecule has 0 aliphatic carbocycles. The van der Waals surface area contributed by atoms with Gasteiger partial charge in [-0.3, -0.25) is 9.98 Å². The Morgan fingerprint density at radius 1 is 1.57 bits per heavy atom. The summed E-state index contributed by atoms with van der Waals surface area (Å²) >= 11 is 0. The molecule has 74 valence electrons. The standard InChI is InChI=1S/C10H13N3O/c11-5-9(8-14)6-12-7-10-3-1-2-4-13-10/h1-6,14H,7-8,11H2. The Kier molecular flexibility index (Phi) is 4.37. The van der Waals surface area contributed by atoms with Crippen molar-refractivity contribution >= 4 is 6.21 Å². The summed E-state index contributed by atoms with van der Waals surface area (Å²) in [6.07, 6.45) is 4.60. The van der Waals surface area contributed by atoms with Crippen LogP contribution in [-0.2, 0) is 6.54 Å². The predicted molar refractivity (Wildman–Crippen MR) is 55.8 cm³/mol. The maximum absolute atomic E-state index is 8.77. The van der Waals surface area contributed by atoms with Crippen molar-refractivity contribution in [1.29, 1.82) is 0 Å². The molecule has 0 aliphatic heterocycles. The minimum atomic E-state index is -0.0950. The van der Waals surface area contributed by atoms with Crippen LogP contribution in [0.4, 0.5) is 0 Å². The number of aliphatic imine (C=N–C) groups is 1. The first-order chi connectivity index (χ1) is 6.86. The third kappa shape index (κ3) is 3.37. The fourth-order valence-corrected chi connectivity index (χ4v) is 0.885. The van der Waals surface area contributed by atoms with Crippen LogP contribution in [0.15, 0.2) is 41.2 Å². The molecule has 1 heterocycles. The molecule has 0 aliphatic rings. The minimum absolute atomic E-state index is 0.0950. The van der Waals surface area contributed by atoms with Gasteiger partial charge >= 0.3 is 0 Å². The summed E-state index contributed by atoms with van der Waals surface area (Å²) in [5.41, 5.74) is 6.72. The first-order valence-electron chi connectivity index (χ1n) is 4.28. The average molecular weight is 191 g/mol. The van der Waals surface area contributed by atoms with Crippen LogP contribution in [0, 0.1) is 0 Å². The van der Waals surface area contributed by atoms with Crippen LogP contribution in [0.1, 0.15) is 5.69 Å². The first kappa shape index (κ1) is 10.4. The van der Waals surface area contributed by atoms with Gasteiger partial charge in [0.25, 0.3) is 0 Å². The van der Waals surface area contributed by atoms with E-state index in [2.05, 4.69) is 9.98 Å². The molecule has 1 aromatic heterocycles. The highest BCUT2D eigenvalue weighted by Crippen LogP contribution is 1.95. The molecular formula is C10H13N3O. The van der Waals surface area contributed by atoms with Gasteiger partial charge in [0, 0.05) is 24.2 Å². The van der Waals surface area contributed by atoms with Crippen molar-refractivity contribution in [3.63, 3.8) is 0 Å². The molecule has 0 aromatic carbocycles. The van der Waals surface area contributed by atoms with Crippen LogP contribution in [0.5, 0.6) is 0 Å². The fraction of sp³-hybridized carbons (Fsp3) is 0.200. The third-order valence-electron chi connectivity index (χ3n) is 1.63. The van der Waals surface area contributed by atoms with Gasteiger partial charge in [-0.15, -0.1) is 0 Å². The van der Waals surface area contributed by atoms with Gasteiger partial charge in [0.1, 0.15) is 0 Å². The van der Waals surface area contributed by atoms with E-state index in [1.807, 2.05) is 18.2 Å². The molecule has 4 nitrogen and oxygen atoms in total. The third-order valence-corrected chi connectivity index (χ3v) is 1.63. The molecule has 3 N–H and O–H groups in total. The van der Waals surface area contributed by atoms with E-state index in [1.54, 1.807) is 12.4 Å². The molecule has 0 bridgehead atoms. The van der Waals surface area contributed by atoms with Gasteiger partial charge in [-0.25, -0.2) is 0 Å². The van der Waals surface area contributed by atoms with Crippen LogP contribution in [-0.4, -0.2) is 22.9 Å². The van der Waals surface area contributed by atoms with Crippen LogP contribution in [0.2, 0.25) is 0 Å². The largest absolute Gasteiger partial charge is 0.404 e. The van der Waals surface area contributed by atoms with Crippen molar-refractivity contribution in [2.75, 3.05) is 6.61 Å². The zero-order valence-electron chi connectivity index (χ0n) is 7.80. The van der Waals surface area contributed by atoms with E-state index < -0.39 is 0 Å². The number of aromatic nitrogens is 1. The summed E-state index contributed by atoms with van der Waals surface area (Å²) in [4.78, 5) is 8.19. The van der Waals surface area contributed by atoms with Crippen molar-refractivity contribution in [2.45, 2.75) is 6.54 Å². The molecule has 0 radical (unpaired) electrons. The summed E-state index contributed by atoms with van der Waals surface area (Å²) < 4.78 is 0. The Morgan fingerprint density at radius 2 is 2.43 bits per heavy atom. The quantitative estimate of drug-likeness (QED) is 0.680. The summed E-state index contributed by atoms with van der Waals surface area (Å²) in [6, 6.07) is 5.65. The zero-order chi connectivity index (χ0) is 10.2. The maximum atomic E-state index is 8.77. The smallest absolute Gasteiger partial charge is 0.0811 e. The molecule has 0 spiro atoms. The SMILES string of the molecule is NC=C(C=NCc1ccccn1)CO. The second kappa shape index (κ2) is 5.88. The fourth-order valence-electron chi connectivity index (χ4n) is 0.885. The topological polar surface area (TPSA) is 71.5 Å². The lowest BCUT2D eigenvalue weighted by Crippen LogP contribution is -1.96. The molecule has 1 aromatic rings. The second-order valence-electron chi connectivity index (χ2n) is 2.69. The Balaban J connectivity index is 2.49. The van der Waals surface area contributed by atoms with E-state index in [-0.39, 0.29) is 6.61 Å². The lowest BCUT2D eigenvalue weighted by Gasteiger charge is -1.95. The van der Waals surface area contributed by atoms with Crippen molar-refractivity contribution in [3.8, 4) is 0 Å². The van der Waals surface area contributed by atoms with Crippen molar-refractivity contribution in [2.24, 2.45) is 10.7 Å². The van der Waals surface area contributed by atoms with E-state index in [4.69, 9.17) is 10.8 Å². The monoisotopic (exact) mass is 191 g/mol. The van der Waals surface area contributed by atoms with Crippen LogP contribution in [0.3, 0.4) is 0 Å². The van der Waals surface area contributed by atoms with E-state index in [1.165, 1.54) is 6.20 Å². The first-order valence-corrected chi connectivity index (χ1v) is 4.28. The maximum Gasteiger partial charge on any atom is 0.0811 e. The van der Waals surface area contributed by atoms with E-state index in [0.29, 0.717) is 12.1 Å². The molecule has 0 fully saturated rings. The second-order valence-corrected chi connectivity index (χ2v) is 2.69. The van der Waals surface area contributed by atoms with E-state index >= 15 is 0 Å². The Morgan fingerprint density at radius 3 is 3.00 bits per heavy atom. The lowest BCUT2D eigenvalue weighted by molar-refractivity contribution is 0.337. The summed E-state index contributed by atoms with van der Waals surface area (Å²) in [7, 11) is 0. The number of hydrogen-bond donors (Lipinski definition) is 2.